The van der Waals surface area contributed by atoms with Gasteiger partial charge in [-0.25, -0.2) is 0 Å². The molecule has 0 aliphatic carbocycles. The fraction of sp³-hybridized carbons (Fsp3) is 0.500. The Morgan fingerprint density at radius 1 is 1.05 bits per heavy atom. The number of carbonyl (C=O) groups excluding carboxylic acids is 2. The van der Waals surface area contributed by atoms with E-state index in [-0.39, 0.29) is 36.2 Å². The number of aryl methyl sites for hydroxylation is 2. The van der Waals surface area contributed by atoms with Crippen LogP contribution in [0.1, 0.15) is 36.6 Å². The molecular weight excluding hydrogens is 252 g/mol. The van der Waals surface area contributed by atoms with Gasteiger partial charge in [-0.2, -0.15) is 0 Å². The monoisotopic (exact) mass is 274 g/mol. The molecule has 0 saturated carbocycles. The summed E-state index contributed by atoms with van der Waals surface area (Å²) in [6, 6.07) is 5.76. The number of likely N-dealkylation sites (tertiary alicyclic amines) is 1. The van der Waals surface area contributed by atoms with E-state index in [1.165, 1.54) is 4.90 Å². The maximum Gasteiger partial charge on any atom is 0.232 e. The average Bonchev–Trinajstić information content (AvgIpc) is 2.55. The molecule has 1 aromatic rings. The zero-order valence-corrected chi connectivity index (χ0v) is 12.5. The molecule has 20 heavy (non-hydrogen) atoms. The minimum absolute atomic E-state index is 0.109. The average molecular weight is 274 g/mol. The van der Waals surface area contributed by atoms with E-state index in [2.05, 4.69) is 6.07 Å². The smallest absolute Gasteiger partial charge is 0.232 e. The van der Waals surface area contributed by atoms with Crippen LogP contribution in [0.25, 0.3) is 0 Å². The summed E-state index contributed by atoms with van der Waals surface area (Å²) >= 11 is 0. The number of benzene rings is 1. The fourth-order valence-corrected chi connectivity index (χ4v) is 2.73. The standard InChI is InChI=1S/C16H22N2O2/c1-9-5-10(2)7-13(6-9)14(17)8-18-15(19)11(3)12(4)16(18)20/h5-7,11-12,14H,8,17H2,1-4H3. The van der Waals surface area contributed by atoms with Crippen LogP contribution in [-0.4, -0.2) is 23.3 Å². The second-order valence-electron chi connectivity index (χ2n) is 5.89. The third kappa shape index (κ3) is 2.61. The molecule has 1 saturated heterocycles. The third-order valence-electron chi connectivity index (χ3n) is 4.11. The number of carbonyl (C=O) groups is 2. The van der Waals surface area contributed by atoms with Crippen LogP contribution in [-0.2, 0) is 9.59 Å². The predicted octanol–water partition coefficient (Wildman–Crippen LogP) is 1.94. The van der Waals surface area contributed by atoms with Gasteiger partial charge < -0.3 is 5.73 Å². The first kappa shape index (κ1) is 14.7. The molecule has 1 aliphatic rings. The van der Waals surface area contributed by atoms with Crippen molar-refractivity contribution in [1.82, 2.24) is 4.90 Å². The summed E-state index contributed by atoms with van der Waals surface area (Å²) in [4.78, 5) is 25.5. The highest BCUT2D eigenvalue weighted by Crippen LogP contribution is 2.27. The maximum absolute atomic E-state index is 12.1. The van der Waals surface area contributed by atoms with Gasteiger partial charge in [0.1, 0.15) is 0 Å². The Kier molecular flexibility index (Phi) is 3.95. The van der Waals surface area contributed by atoms with Crippen LogP contribution >= 0.6 is 0 Å². The van der Waals surface area contributed by atoms with Gasteiger partial charge in [-0.05, 0) is 19.4 Å². The van der Waals surface area contributed by atoms with Gasteiger partial charge in [-0.15, -0.1) is 0 Å². The molecule has 4 nitrogen and oxygen atoms in total. The third-order valence-corrected chi connectivity index (χ3v) is 4.11. The second-order valence-corrected chi connectivity index (χ2v) is 5.89. The summed E-state index contributed by atoms with van der Waals surface area (Å²) in [5.74, 6) is -0.701. The molecule has 3 atom stereocenters. The van der Waals surface area contributed by atoms with Crippen LogP contribution in [0.15, 0.2) is 18.2 Å². The van der Waals surface area contributed by atoms with Crippen LogP contribution in [0.3, 0.4) is 0 Å². The number of rotatable bonds is 3. The highest BCUT2D eigenvalue weighted by atomic mass is 16.2. The number of amides is 2. The van der Waals surface area contributed by atoms with Crippen LogP contribution < -0.4 is 5.73 Å². The molecule has 0 spiro atoms. The van der Waals surface area contributed by atoms with E-state index in [1.54, 1.807) is 13.8 Å². The molecule has 1 aliphatic heterocycles. The number of hydrogen-bond donors (Lipinski definition) is 1. The van der Waals surface area contributed by atoms with Crippen molar-refractivity contribution in [2.45, 2.75) is 33.7 Å². The molecule has 2 rings (SSSR count). The van der Waals surface area contributed by atoms with Crippen molar-refractivity contribution < 1.29 is 9.59 Å². The van der Waals surface area contributed by atoms with E-state index in [0.717, 1.165) is 16.7 Å². The summed E-state index contributed by atoms with van der Waals surface area (Å²) in [6.07, 6.45) is 0. The normalized spacial score (nSPS) is 24.4. The summed E-state index contributed by atoms with van der Waals surface area (Å²) in [6.45, 7) is 7.88. The number of nitrogens with two attached hydrogens (primary N) is 1. The van der Waals surface area contributed by atoms with Crippen LogP contribution in [0.5, 0.6) is 0 Å². The largest absolute Gasteiger partial charge is 0.322 e. The molecular formula is C16H22N2O2. The summed E-state index contributed by atoms with van der Waals surface area (Å²) in [5.41, 5.74) is 9.42. The Bertz CT molecular complexity index is 513. The van der Waals surface area contributed by atoms with Crippen LogP contribution in [0.4, 0.5) is 0 Å². The zero-order valence-electron chi connectivity index (χ0n) is 12.5. The second kappa shape index (κ2) is 5.37. The molecule has 0 radical (unpaired) electrons. The van der Waals surface area contributed by atoms with Gasteiger partial charge in [-0.1, -0.05) is 43.2 Å². The van der Waals surface area contributed by atoms with Crippen molar-refractivity contribution in [3.63, 3.8) is 0 Å². The Balaban J connectivity index is 2.17. The van der Waals surface area contributed by atoms with E-state index in [0.29, 0.717) is 0 Å². The van der Waals surface area contributed by atoms with Gasteiger partial charge in [0, 0.05) is 24.4 Å². The summed E-state index contributed by atoms with van der Waals surface area (Å²) in [5, 5.41) is 0. The molecule has 0 bridgehead atoms. The van der Waals surface area contributed by atoms with E-state index in [1.807, 2.05) is 26.0 Å². The molecule has 108 valence electrons. The van der Waals surface area contributed by atoms with Crippen molar-refractivity contribution in [3.05, 3.63) is 34.9 Å². The molecule has 1 heterocycles. The predicted molar refractivity (Wildman–Crippen MR) is 77.9 cm³/mol. The van der Waals surface area contributed by atoms with Crippen LogP contribution in [0, 0.1) is 25.7 Å². The lowest BCUT2D eigenvalue weighted by Crippen LogP contribution is -2.37. The van der Waals surface area contributed by atoms with Crippen molar-refractivity contribution in [2.24, 2.45) is 17.6 Å². The molecule has 0 aromatic heterocycles. The Morgan fingerprint density at radius 3 is 1.95 bits per heavy atom. The van der Waals surface area contributed by atoms with Crippen LogP contribution in [0.2, 0.25) is 0 Å². The lowest BCUT2D eigenvalue weighted by molar-refractivity contribution is -0.140. The van der Waals surface area contributed by atoms with Crippen molar-refractivity contribution in [3.8, 4) is 0 Å². The molecule has 1 aromatic carbocycles. The molecule has 2 N–H and O–H groups in total. The van der Waals surface area contributed by atoms with Crippen molar-refractivity contribution >= 4 is 11.8 Å². The van der Waals surface area contributed by atoms with Gasteiger partial charge in [0.05, 0.1) is 0 Å². The first-order valence-corrected chi connectivity index (χ1v) is 7.00. The van der Waals surface area contributed by atoms with E-state index in [4.69, 9.17) is 5.73 Å². The van der Waals surface area contributed by atoms with Gasteiger partial charge in [0.2, 0.25) is 11.8 Å². The lowest BCUT2D eigenvalue weighted by atomic mass is 10.00. The van der Waals surface area contributed by atoms with E-state index < -0.39 is 0 Å². The van der Waals surface area contributed by atoms with E-state index >= 15 is 0 Å². The first-order chi connectivity index (χ1) is 9.31. The van der Waals surface area contributed by atoms with Crippen molar-refractivity contribution in [2.75, 3.05) is 6.54 Å². The van der Waals surface area contributed by atoms with Gasteiger partial charge in [-0.3, -0.25) is 14.5 Å². The van der Waals surface area contributed by atoms with E-state index in [9.17, 15) is 9.59 Å². The minimum Gasteiger partial charge on any atom is -0.322 e. The fourth-order valence-electron chi connectivity index (χ4n) is 2.73. The zero-order chi connectivity index (χ0) is 15.0. The Morgan fingerprint density at radius 2 is 1.50 bits per heavy atom. The summed E-state index contributed by atoms with van der Waals surface area (Å²) < 4.78 is 0. The first-order valence-electron chi connectivity index (χ1n) is 7.00. The molecule has 2 amide bonds. The highest BCUT2D eigenvalue weighted by molar-refractivity contribution is 6.04. The number of hydrogen-bond acceptors (Lipinski definition) is 3. The maximum atomic E-state index is 12.1. The number of imide groups is 1. The van der Waals surface area contributed by atoms with Gasteiger partial charge >= 0.3 is 0 Å². The number of nitrogens with zero attached hydrogens (tertiary/aromatic N) is 1. The van der Waals surface area contributed by atoms with Gasteiger partial charge in [0.25, 0.3) is 0 Å². The minimum atomic E-state index is -0.334. The molecule has 1 fully saturated rings. The van der Waals surface area contributed by atoms with Crippen molar-refractivity contribution in [1.29, 1.82) is 0 Å². The SMILES string of the molecule is Cc1cc(C)cc(C(N)CN2C(=O)C(C)C(C)C2=O)c1. The highest BCUT2D eigenvalue weighted by Gasteiger charge is 2.42. The molecule has 3 unspecified atom stereocenters. The quantitative estimate of drug-likeness (QED) is 0.857. The summed E-state index contributed by atoms with van der Waals surface area (Å²) in [7, 11) is 0. The topological polar surface area (TPSA) is 63.4 Å². The molecule has 4 heteroatoms. The lowest BCUT2D eigenvalue weighted by Gasteiger charge is -2.20. The Labute approximate surface area is 119 Å². The van der Waals surface area contributed by atoms with Gasteiger partial charge in [0.15, 0.2) is 0 Å². The Hall–Kier alpha value is -1.68.